The number of aliphatic hydroxyl groups excluding tert-OH is 1. The summed E-state index contributed by atoms with van der Waals surface area (Å²) in [4.78, 5) is 10.8. The van der Waals surface area contributed by atoms with E-state index in [1.54, 1.807) is 0 Å². The Labute approximate surface area is 79.8 Å². The molecule has 0 aromatic rings. The van der Waals surface area contributed by atoms with Crippen LogP contribution >= 0.6 is 0 Å². The van der Waals surface area contributed by atoms with Crippen LogP contribution < -0.4 is 0 Å². The van der Waals surface area contributed by atoms with Gasteiger partial charge in [-0.2, -0.15) is 0 Å². The van der Waals surface area contributed by atoms with Gasteiger partial charge in [0.15, 0.2) is 0 Å². The minimum atomic E-state index is -0.880. The van der Waals surface area contributed by atoms with Gasteiger partial charge < -0.3 is 10.2 Å². The van der Waals surface area contributed by atoms with Crippen LogP contribution in [-0.4, -0.2) is 22.3 Å². The molecule has 0 bridgehead atoms. The van der Waals surface area contributed by atoms with Gasteiger partial charge in [0.1, 0.15) is 0 Å². The van der Waals surface area contributed by atoms with Crippen LogP contribution in [0.4, 0.5) is 0 Å². The Bertz CT molecular complexity index is 156. The Kier molecular flexibility index (Phi) is 5.71. The van der Waals surface area contributed by atoms with E-state index < -0.39 is 18.0 Å². The molecule has 0 saturated heterocycles. The summed E-state index contributed by atoms with van der Waals surface area (Å²) >= 11 is 0. The highest BCUT2D eigenvalue weighted by molar-refractivity contribution is 5.70. The van der Waals surface area contributed by atoms with Gasteiger partial charge in [-0.1, -0.05) is 33.6 Å². The Morgan fingerprint density at radius 2 is 1.92 bits per heavy atom. The largest absolute Gasteiger partial charge is 0.481 e. The lowest BCUT2D eigenvalue weighted by Crippen LogP contribution is -2.33. The van der Waals surface area contributed by atoms with E-state index >= 15 is 0 Å². The molecule has 0 spiro atoms. The summed E-state index contributed by atoms with van der Waals surface area (Å²) in [6.45, 7) is 5.77. The predicted octanol–water partition coefficient (Wildman–Crippen LogP) is 1.89. The second-order valence-corrected chi connectivity index (χ2v) is 3.61. The molecular formula is C10H20O3. The van der Waals surface area contributed by atoms with Crippen molar-refractivity contribution in [3.05, 3.63) is 0 Å². The number of carboxylic acid groups (broad SMARTS) is 1. The quantitative estimate of drug-likeness (QED) is 0.669. The third kappa shape index (κ3) is 3.77. The molecule has 0 aromatic heterocycles. The lowest BCUT2D eigenvalue weighted by atomic mass is 9.87. The zero-order valence-electron chi connectivity index (χ0n) is 8.66. The monoisotopic (exact) mass is 188 g/mol. The molecule has 0 fully saturated rings. The highest BCUT2D eigenvalue weighted by Gasteiger charge is 2.28. The molecule has 3 unspecified atom stereocenters. The van der Waals surface area contributed by atoms with Gasteiger partial charge >= 0.3 is 5.97 Å². The minimum Gasteiger partial charge on any atom is -0.481 e. The molecule has 0 aliphatic heterocycles. The van der Waals surface area contributed by atoms with Gasteiger partial charge in [0, 0.05) is 0 Å². The van der Waals surface area contributed by atoms with Crippen LogP contribution in [0.15, 0.2) is 0 Å². The summed E-state index contributed by atoms with van der Waals surface area (Å²) in [6.07, 6.45) is 1.46. The van der Waals surface area contributed by atoms with E-state index in [1.807, 2.05) is 20.8 Å². The first-order valence-corrected chi connectivity index (χ1v) is 4.95. The zero-order chi connectivity index (χ0) is 10.4. The zero-order valence-corrected chi connectivity index (χ0v) is 8.66. The van der Waals surface area contributed by atoms with Crippen LogP contribution in [0.1, 0.15) is 40.0 Å². The van der Waals surface area contributed by atoms with Crippen molar-refractivity contribution < 1.29 is 15.0 Å². The van der Waals surface area contributed by atoms with Gasteiger partial charge in [-0.15, -0.1) is 0 Å². The number of hydrogen-bond acceptors (Lipinski definition) is 2. The average Bonchev–Trinajstić information content (AvgIpc) is 2.11. The Hall–Kier alpha value is -0.570. The second kappa shape index (κ2) is 5.97. The molecule has 0 aliphatic rings. The lowest BCUT2D eigenvalue weighted by Gasteiger charge is -2.23. The summed E-state index contributed by atoms with van der Waals surface area (Å²) in [7, 11) is 0. The van der Waals surface area contributed by atoms with Crippen LogP contribution in [0, 0.1) is 11.8 Å². The SMILES string of the molecule is CCCC(C(=O)O)C(O)C(C)CC. The molecule has 0 heterocycles. The van der Waals surface area contributed by atoms with E-state index in [9.17, 15) is 9.90 Å². The van der Waals surface area contributed by atoms with Crippen LogP contribution in [0.25, 0.3) is 0 Å². The Balaban J connectivity index is 4.26. The molecule has 3 atom stereocenters. The molecule has 0 aromatic carbocycles. The maximum absolute atomic E-state index is 10.8. The predicted molar refractivity (Wildman–Crippen MR) is 51.5 cm³/mol. The third-order valence-corrected chi connectivity index (χ3v) is 2.56. The molecule has 3 nitrogen and oxygen atoms in total. The molecule has 0 saturated carbocycles. The lowest BCUT2D eigenvalue weighted by molar-refractivity contribution is -0.147. The molecule has 0 aliphatic carbocycles. The highest BCUT2D eigenvalue weighted by Crippen LogP contribution is 2.20. The molecule has 13 heavy (non-hydrogen) atoms. The van der Waals surface area contributed by atoms with Crippen molar-refractivity contribution in [1.82, 2.24) is 0 Å². The third-order valence-electron chi connectivity index (χ3n) is 2.56. The molecule has 2 N–H and O–H groups in total. The van der Waals surface area contributed by atoms with Crippen LogP contribution in [0.2, 0.25) is 0 Å². The van der Waals surface area contributed by atoms with E-state index in [1.165, 1.54) is 0 Å². The summed E-state index contributed by atoms with van der Waals surface area (Å²) in [5.41, 5.74) is 0. The van der Waals surface area contributed by atoms with E-state index in [0.717, 1.165) is 12.8 Å². The van der Waals surface area contributed by atoms with Crippen molar-refractivity contribution in [2.45, 2.75) is 46.1 Å². The van der Waals surface area contributed by atoms with Gasteiger partial charge in [0.25, 0.3) is 0 Å². The van der Waals surface area contributed by atoms with Gasteiger partial charge in [-0.25, -0.2) is 0 Å². The fourth-order valence-corrected chi connectivity index (χ4v) is 1.39. The van der Waals surface area contributed by atoms with Crippen molar-refractivity contribution in [2.75, 3.05) is 0 Å². The van der Waals surface area contributed by atoms with E-state index in [0.29, 0.717) is 6.42 Å². The van der Waals surface area contributed by atoms with Gasteiger partial charge in [0.2, 0.25) is 0 Å². The molecule has 0 amide bonds. The number of aliphatic hydroxyl groups is 1. The van der Waals surface area contributed by atoms with E-state index in [-0.39, 0.29) is 5.92 Å². The van der Waals surface area contributed by atoms with Crippen LogP contribution in [0.5, 0.6) is 0 Å². The minimum absolute atomic E-state index is 0.0626. The Morgan fingerprint density at radius 3 is 2.23 bits per heavy atom. The second-order valence-electron chi connectivity index (χ2n) is 3.61. The number of carbonyl (C=O) groups is 1. The Morgan fingerprint density at radius 1 is 1.38 bits per heavy atom. The molecule has 3 heteroatoms. The highest BCUT2D eigenvalue weighted by atomic mass is 16.4. The fourth-order valence-electron chi connectivity index (χ4n) is 1.39. The van der Waals surface area contributed by atoms with Crippen molar-refractivity contribution >= 4 is 5.97 Å². The van der Waals surface area contributed by atoms with Crippen LogP contribution in [0.3, 0.4) is 0 Å². The normalized spacial score (nSPS) is 17.8. The average molecular weight is 188 g/mol. The summed E-state index contributed by atoms with van der Waals surface area (Å²) in [5, 5.41) is 18.6. The number of carboxylic acids is 1. The fraction of sp³-hybridized carbons (Fsp3) is 0.900. The number of hydrogen-bond donors (Lipinski definition) is 2. The maximum atomic E-state index is 10.8. The van der Waals surface area contributed by atoms with Crippen molar-refractivity contribution in [2.24, 2.45) is 11.8 Å². The number of aliphatic carboxylic acids is 1. The number of rotatable bonds is 6. The molecular weight excluding hydrogens is 168 g/mol. The molecule has 0 rings (SSSR count). The first kappa shape index (κ1) is 12.4. The van der Waals surface area contributed by atoms with E-state index in [2.05, 4.69) is 0 Å². The van der Waals surface area contributed by atoms with Gasteiger partial charge in [-0.3, -0.25) is 4.79 Å². The van der Waals surface area contributed by atoms with Crippen molar-refractivity contribution in [3.8, 4) is 0 Å². The van der Waals surface area contributed by atoms with Gasteiger partial charge in [-0.05, 0) is 12.3 Å². The van der Waals surface area contributed by atoms with Gasteiger partial charge in [0.05, 0.1) is 12.0 Å². The van der Waals surface area contributed by atoms with Crippen LogP contribution in [-0.2, 0) is 4.79 Å². The molecule has 0 radical (unpaired) electrons. The maximum Gasteiger partial charge on any atom is 0.309 e. The summed E-state index contributed by atoms with van der Waals surface area (Å²) < 4.78 is 0. The smallest absolute Gasteiger partial charge is 0.309 e. The van der Waals surface area contributed by atoms with Crippen molar-refractivity contribution in [3.63, 3.8) is 0 Å². The van der Waals surface area contributed by atoms with Crippen molar-refractivity contribution in [1.29, 1.82) is 0 Å². The first-order valence-electron chi connectivity index (χ1n) is 4.95. The summed E-state index contributed by atoms with van der Waals surface area (Å²) in [5.74, 6) is -1.41. The topological polar surface area (TPSA) is 57.5 Å². The van der Waals surface area contributed by atoms with E-state index in [4.69, 9.17) is 5.11 Å². The summed E-state index contributed by atoms with van der Waals surface area (Å²) in [6, 6.07) is 0. The molecule has 78 valence electrons. The first-order chi connectivity index (χ1) is 6.04. The standard InChI is InChI=1S/C10H20O3/c1-4-6-8(10(12)13)9(11)7(3)5-2/h7-9,11H,4-6H2,1-3H3,(H,12,13).